The zero-order valence-corrected chi connectivity index (χ0v) is 12.4. The Labute approximate surface area is 122 Å². The molecule has 0 heterocycles. The normalized spacial score (nSPS) is 12.8. The number of anilines is 1. The van der Waals surface area contributed by atoms with Gasteiger partial charge in [-0.3, -0.25) is 9.59 Å². The van der Waals surface area contributed by atoms with Gasteiger partial charge < -0.3 is 16.2 Å². The van der Waals surface area contributed by atoms with Crippen molar-refractivity contribution in [1.82, 2.24) is 0 Å². The molecule has 110 valence electrons. The summed E-state index contributed by atoms with van der Waals surface area (Å²) in [6.45, 7) is 3.65. The van der Waals surface area contributed by atoms with Crippen LogP contribution in [0.15, 0.2) is 30.3 Å². The van der Waals surface area contributed by atoms with Crippen LogP contribution in [0.3, 0.4) is 0 Å². The first-order chi connectivity index (χ1) is 9.33. The molecule has 1 amide bonds. The van der Waals surface area contributed by atoms with E-state index in [-0.39, 0.29) is 11.7 Å². The SMILES string of the molecule is CC(C)(CSCC(N)C(=O)O)C(=O)Nc1ccccc1. The zero-order chi connectivity index (χ0) is 15.2. The van der Waals surface area contributed by atoms with Crippen molar-refractivity contribution >= 4 is 29.3 Å². The van der Waals surface area contributed by atoms with Gasteiger partial charge in [0.25, 0.3) is 0 Å². The lowest BCUT2D eigenvalue weighted by Crippen LogP contribution is -2.36. The van der Waals surface area contributed by atoms with Crippen LogP contribution in [0.1, 0.15) is 13.8 Å². The molecule has 0 aliphatic carbocycles. The van der Waals surface area contributed by atoms with Crippen LogP contribution in [0.2, 0.25) is 0 Å². The van der Waals surface area contributed by atoms with Gasteiger partial charge in [-0.2, -0.15) is 11.8 Å². The standard InChI is InChI=1S/C14H20N2O3S/c1-14(2,9-20-8-11(15)12(17)18)13(19)16-10-6-4-3-5-7-10/h3-7,11H,8-9,15H2,1-2H3,(H,16,19)(H,17,18). The van der Waals surface area contributed by atoms with Crippen molar-refractivity contribution in [2.75, 3.05) is 16.8 Å². The summed E-state index contributed by atoms with van der Waals surface area (Å²) >= 11 is 1.37. The lowest BCUT2D eigenvalue weighted by atomic mass is 9.95. The Balaban J connectivity index is 2.47. The Morgan fingerprint density at radius 3 is 2.50 bits per heavy atom. The van der Waals surface area contributed by atoms with E-state index in [4.69, 9.17) is 10.8 Å². The van der Waals surface area contributed by atoms with E-state index in [1.165, 1.54) is 11.8 Å². The molecule has 0 aromatic heterocycles. The first kappa shape index (κ1) is 16.5. The van der Waals surface area contributed by atoms with Crippen LogP contribution in [0.25, 0.3) is 0 Å². The van der Waals surface area contributed by atoms with E-state index in [0.717, 1.165) is 5.69 Å². The summed E-state index contributed by atoms with van der Waals surface area (Å²) in [4.78, 5) is 22.8. The number of carboxylic acid groups (broad SMARTS) is 1. The van der Waals surface area contributed by atoms with Crippen molar-refractivity contribution in [3.63, 3.8) is 0 Å². The lowest BCUT2D eigenvalue weighted by Gasteiger charge is -2.23. The molecule has 0 aliphatic heterocycles. The van der Waals surface area contributed by atoms with Gasteiger partial charge >= 0.3 is 5.97 Å². The number of carbonyl (C=O) groups is 2. The minimum atomic E-state index is -1.02. The second-order valence-corrected chi connectivity index (χ2v) is 6.19. The number of thioether (sulfide) groups is 1. The van der Waals surface area contributed by atoms with Gasteiger partial charge in [0.2, 0.25) is 5.91 Å². The molecule has 1 atom stereocenters. The molecule has 4 N–H and O–H groups in total. The van der Waals surface area contributed by atoms with E-state index in [9.17, 15) is 9.59 Å². The van der Waals surface area contributed by atoms with E-state index in [2.05, 4.69) is 5.32 Å². The second kappa shape index (κ2) is 7.31. The van der Waals surface area contributed by atoms with E-state index >= 15 is 0 Å². The number of para-hydroxylation sites is 1. The molecule has 0 fully saturated rings. The van der Waals surface area contributed by atoms with Crippen LogP contribution >= 0.6 is 11.8 Å². The molecule has 20 heavy (non-hydrogen) atoms. The molecule has 1 aromatic rings. The molecule has 5 nitrogen and oxygen atoms in total. The molecule has 1 aromatic carbocycles. The summed E-state index contributed by atoms with van der Waals surface area (Å²) < 4.78 is 0. The number of nitrogens with two attached hydrogens (primary N) is 1. The van der Waals surface area contributed by atoms with E-state index in [1.54, 1.807) is 0 Å². The highest BCUT2D eigenvalue weighted by Gasteiger charge is 2.28. The fourth-order valence-electron chi connectivity index (χ4n) is 1.40. The maximum Gasteiger partial charge on any atom is 0.321 e. The van der Waals surface area contributed by atoms with Crippen LogP contribution < -0.4 is 11.1 Å². The monoisotopic (exact) mass is 296 g/mol. The largest absolute Gasteiger partial charge is 0.480 e. The number of carboxylic acids is 1. The Kier molecular flexibility index (Phi) is 6.04. The Morgan fingerprint density at radius 2 is 1.95 bits per heavy atom. The van der Waals surface area contributed by atoms with Crippen molar-refractivity contribution in [2.24, 2.45) is 11.1 Å². The molecule has 1 rings (SSSR count). The molecule has 0 bridgehead atoms. The van der Waals surface area contributed by atoms with Gasteiger partial charge in [-0.25, -0.2) is 0 Å². The Hall–Kier alpha value is -1.53. The average molecular weight is 296 g/mol. The number of benzene rings is 1. The van der Waals surface area contributed by atoms with E-state index in [0.29, 0.717) is 5.75 Å². The predicted molar refractivity (Wildman–Crippen MR) is 81.8 cm³/mol. The van der Waals surface area contributed by atoms with Crippen LogP contribution in [0.4, 0.5) is 5.69 Å². The number of carbonyl (C=O) groups excluding carboxylic acids is 1. The lowest BCUT2D eigenvalue weighted by molar-refractivity contribution is -0.137. The van der Waals surface area contributed by atoms with Gasteiger partial charge in [0, 0.05) is 17.2 Å². The maximum absolute atomic E-state index is 12.2. The van der Waals surface area contributed by atoms with Crippen molar-refractivity contribution in [3.05, 3.63) is 30.3 Å². The highest BCUT2D eigenvalue weighted by molar-refractivity contribution is 7.99. The molecule has 6 heteroatoms. The molecular weight excluding hydrogens is 276 g/mol. The third-order valence-electron chi connectivity index (χ3n) is 2.72. The zero-order valence-electron chi connectivity index (χ0n) is 11.6. The fraction of sp³-hybridized carbons (Fsp3) is 0.429. The van der Waals surface area contributed by atoms with E-state index in [1.807, 2.05) is 44.2 Å². The van der Waals surface area contributed by atoms with Gasteiger partial charge in [-0.15, -0.1) is 0 Å². The van der Waals surface area contributed by atoms with Gasteiger partial charge in [0.05, 0.1) is 5.41 Å². The first-order valence-electron chi connectivity index (χ1n) is 6.25. The highest BCUT2D eigenvalue weighted by Crippen LogP contribution is 2.24. The predicted octanol–water partition coefficient (Wildman–Crippen LogP) is 1.80. The molecule has 0 aliphatic rings. The molecule has 0 spiro atoms. The Bertz CT molecular complexity index is 463. The van der Waals surface area contributed by atoms with Gasteiger partial charge in [-0.05, 0) is 12.1 Å². The van der Waals surface area contributed by atoms with E-state index < -0.39 is 17.4 Å². The number of aliphatic carboxylic acids is 1. The average Bonchev–Trinajstić information content (AvgIpc) is 2.39. The summed E-state index contributed by atoms with van der Waals surface area (Å²) in [5.41, 5.74) is 5.57. The number of nitrogens with one attached hydrogen (secondary N) is 1. The third-order valence-corrected chi connectivity index (χ3v) is 4.24. The Morgan fingerprint density at radius 1 is 1.35 bits per heavy atom. The first-order valence-corrected chi connectivity index (χ1v) is 7.41. The summed E-state index contributed by atoms with van der Waals surface area (Å²) in [7, 11) is 0. The molecular formula is C14H20N2O3S. The number of hydrogen-bond donors (Lipinski definition) is 3. The summed E-state index contributed by atoms with van der Waals surface area (Å²) in [6.07, 6.45) is 0. The van der Waals surface area contributed by atoms with Gasteiger partial charge in [0.1, 0.15) is 6.04 Å². The van der Waals surface area contributed by atoms with Crippen LogP contribution in [-0.4, -0.2) is 34.5 Å². The van der Waals surface area contributed by atoms with Crippen LogP contribution in [0.5, 0.6) is 0 Å². The molecule has 0 saturated carbocycles. The molecule has 1 unspecified atom stereocenters. The van der Waals surface area contributed by atoms with Crippen molar-refractivity contribution in [3.8, 4) is 0 Å². The number of hydrogen-bond acceptors (Lipinski definition) is 4. The topological polar surface area (TPSA) is 92.4 Å². The quantitative estimate of drug-likeness (QED) is 0.713. The highest BCUT2D eigenvalue weighted by atomic mass is 32.2. The summed E-state index contributed by atoms with van der Waals surface area (Å²) in [5.74, 6) is -0.326. The third kappa shape index (κ3) is 5.22. The number of amides is 1. The fourth-order valence-corrected chi connectivity index (χ4v) is 2.56. The number of rotatable bonds is 7. The molecule has 0 radical (unpaired) electrons. The minimum absolute atomic E-state index is 0.0971. The summed E-state index contributed by atoms with van der Waals surface area (Å²) in [5, 5.41) is 11.5. The second-order valence-electron chi connectivity index (χ2n) is 5.16. The van der Waals surface area contributed by atoms with Gasteiger partial charge in [-0.1, -0.05) is 32.0 Å². The van der Waals surface area contributed by atoms with Crippen molar-refractivity contribution < 1.29 is 14.7 Å². The van der Waals surface area contributed by atoms with Crippen LogP contribution in [0, 0.1) is 5.41 Å². The van der Waals surface area contributed by atoms with Gasteiger partial charge in [0.15, 0.2) is 0 Å². The van der Waals surface area contributed by atoms with Crippen LogP contribution in [-0.2, 0) is 9.59 Å². The molecule has 0 saturated heterocycles. The smallest absolute Gasteiger partial charge is 0.321 e. The summed E-state index contributed by atoms with van der Waals surface area (Å²) in [6, 6.07) is 8.33. The minimum Gasteiger partial charge on any atom is -0.480 e. The van der Waals surface area contributed by atoms with Crippen molar-refractivity contribution in [1.29, 1.82) is 0 Å². The van der Waals surface area contributed by atoms with Crippen molar-refractivity contribution in [2.45, 2.75) is 19.9 Å². The maximum atomic E-state index is 12.2.